The Hall–Kier alpha value is -2.00. The van der Waals surface area contributed by atoms with E-state index in [-0.39, 0.29) is 0 Å². The molecule has 102 valence electrons. The summed E-state index contributed by atoms with van der Waals surface area (Å²) in [5.74, 6) is 0. The van der Waals surface area contributed by atoms with Crippen molar-refractivity contribution in [3.8, 4) is 11.1 Å². The van der Waals surface area contributed by atoms with E-state index in [1.807, 2.05) is 6.20 Å². The van der Waals surface area contributed by atoms with Crippen molar-refractivity contribution in [2.24, 2.45) is 0 Å². The summed E-state index contributed by atoms with van der Waals surface area (Å²) >= 11 is 0. The van der Waals surface area contributed by atoms with Crippen molar-refractivity contribution in [2.45, 2.75) is 18.9 Å². The summed E-state index contributed by atoms with van der Waals surface area (Å²) in [6.45, 7) is 2.24. The van der Waals surface area contributed by atoms with Crippen molar-refractivity contribution in [3.05, 3.63) is 48.9 Å². The minimum Gasteiger partial charge on any atom is -0.367 e. The van der Waals surface area contributed by atoms with Crippen LogP contribution >= 0.6 is 0 Å². The van der Waals surface area contributed by atoms with Gasteiger partial charge in [-0.15, -0.1) is 0 Å². The molecule has 1 aliphatic rings. The molecular weight excluding hydrogens is 246 g/mol. The predicted molar refractivity (Wildman–Crippen MR) is 82.9 cm³/mol. The van der Waals surface area contributed by atoms with Crippen LogP contribution in [0.25, 0.3) is 22.0 Å². The Kier molecular flexibility index (Phi) is 2.85. The number of benzene rings is 1. The quantitative estimate of drug-likeness (QED) is 0.729. The Morgan fingerprint density at radius 3 is 2.70 bits per heavy atom. The molecule has 0 amide bonds. The normalized spacial score (nSPS) is 16.8. The molecule has 1 saturated heterocycles. The Labute approximate surface area is 118 Å². The molecule has 0 spiro atoms. The van der Waals surface area contributed by atoms with E-state index in [1.54, 1.807) is 0 Å². The van der Waals surface area contributed by atoms with E-state index in [0.717, 1.165) is 13.1 Å². The molecule has 2 N–H and O–H groups in total. The first-order valence-electron chi connectivity index (χ1n) is 7.37. The molecule has 2 aromatic heterocycles. The number of fused-ring (bicyclic) bond motifs is 1. The van der Waals surface area contributed by atoms with Crippen molar-refractivity contribution in [3.63, 3.8) is 0 Å². The van der Waals surface area contributed by atoms with Crippen LogP contribution in [0.4, 0.5) is 0 Å². The van der Waals surface area contributed by atoms with Crippen LogP contribution in [0.3, 0.4) is 0 Å². The molecule has 0 atom stereocenters. The van der Waals surface area contributed by atoms with E-state index in [2.05, 4.69) is 57.6 Å². The van der Waals surface area contributed by atoms with Crippen LogP contribution in [-0.2, 0) is 0 Å². The molecule has 0 radical (unpaired) electrons. The average Bonchev–Trinajstić information content (AvgIpc) is 3.15. The summed E-state index contributed by atoms with van der Waals surface area (Å²) in [6, 6.07) is 11.5. The second-order valence-electron chi connectivity index (χ2n) is 5.55. The molecule has 0 unspecified atom stereocenters. The molecule has 3 aromatic rings. The highest BCUT2D eigenvalue weighted by Crippen LogP contribution is 2.34. The van der Waals surface area contributed by atoms with Gasteiger partial charge in [-0.2, -0.15) is 0 Å². The summed E-state index contributed by atoms with van der Waals surface area (Å²) in [7, 11) is 0. The monoisotopic (exact) mass is 265 g/mol. The van der Waals surface area contributed by atoms with Crippen LogP contribution in [0.15, 0.2) is 48.9 Å². The Balaban J connectivity index is 1.89. The molecule has 0 aliphatic carbocycles. The number of hydrogen-bond donors (Lipinski definition) is 2. The molecule has 4 rings (SSSR count). The molecule has 1 fully saturated rings. The van der Waals surface area contributed by atoms with Gasteiger partial charge >= 0.3 is 0 Å². The van der Waals surface area contributed by atoms with Gasteiger partial charge in [0.25, 0.3) is 0 Å². The smallest absolute Gasteiger partial charge is 0.0489 e. The van der Waals surface area contributed by atoms with Crippen LogP contribution in [0.1, 0.15) is 18.9 Å². The fourth-order valence-electron chi connectivity index (χ4n) is 3.31. The number of nitrogens with one attached hydrogen (secondary N) is 2. The van der Waals surface area contributed by atoms with Crippen LogP contribution in [0.5, 0.6) is 0 Å². The number of para-hydroxylation sites is 1. The van der Waals surface area contributed by atoms with Gasteiger partial charge < -0.3 is 14.9 Å². The predicted octanol–water partition coefficient (Wildman–Crippen LogP) is 3.56. The maximum Gasteiger partial charge on any atom is 0.0489 e. The highest BCUT2D eigenvalue weighted by Gasteiger charge is 2.18. The van der Waals surface area contributed by atoms with Gasteiger partial charge in [-0.25, -0.2) is 0 Å². The van der Waals surface area contributed by atoms with Crippen molar-refractivity contribution < 1.29 is 0 Å². The molecule has 0 bridgehead atoms. The highest BCUT2D eigenvalue weighted by molar-refractivity contribution is 5.96. The standard InChI is InChI=1S/C17H19N3/c1-2-4-17-15(3-1)16(13-5-8-19-11-13)12-20(17)14-6-9-18-10-7-14/h1-5,8,11-12,14,18-19H,6-7,9-10H2. The molecule has 1 aliphatic heterocycles. The lowest BCUT2D eigenvalue weighted by molar-refractivity contribution is 0.376. The Bertz CT molecular complexity index is 703. The summed E-state index contributed by atoms with van der Waals surface area (Å²) in [5.41, 5.74) is 3.96. The SMILES string of the molecule is c1ccc2c(c1)c(-c1cc[nH]c1)cn2C1CCNCC1. The number of piperidine rings is 1. The first kappa shape index (κ1) is 11.8. The van der Waals surface area contributed by atoms with Crippen LogP contribution in [0, 0.1) is 0 Å². The van der Waals surface area contributed by atoms with Gasteiger partial charge in [0, 0.05) is 46.7 Å². The first-order valence-corrected chi connectivity index (χ1v) is 7.37. The third-order valence-corrected chi connectivity index (χ3v) is 4.35. The van der Waals surface area contributed by atoms with Gasteiger partial charge in [0.05, 0.1) is 0 Å². The number of hydrogen-bond acceptors (Lipinski definition) is 1. The van der Waals surface area contributed by atoms with Crippen molar-refractivity contribution in [1.82, 2.24) is 14.9 Å². The van der Waals surface area contributed by atoms with Crippen molar-refractivity contribution in [1.29, 1.82) is 0 Å². The maximum absolute atomic E-state index is 3.45. The van der Waals surface area contributed by atoms with Gasteiger partial charge in [-0.05, 0) is 38.1 Å². The van der Waals surface area contributed by atoms with Gasteiger partial charge in [0.2, 0.25) is 0 Å². The van der Waals surface area contributed by atoms with Gasteiger partial charge in [0.1, 0.15) is 0 Å². The number of rotatable bonds is 2. The van der Waals surface area contributed by atoms with E-state index in [9.17, 15) is 0 Å². The van der Waals surface area contributed by atoms with Crippen LogP contribution in [-0.4, -0.2) is 22.6 Å². The van der Waals surface area contributed by atoms with Crippen LogP contribution < -0.4 is 5.32 Å². The molecular formula is C17H19N3. The molecule has 3 nitrogen and oxygen atoms in total. The molecule has 3 heteroatoms. The number of nitrogens with zero attached hydrogens (tertiary/aromatic N) is 1. The second-order valence-corrected chi connectivity index (χ2v) is 5.55. The molecule has 3 heterocycles. The number of aromatic amines is 1. The van der Waals surface area contributed by atoms with E-state index < -0.39 is 0 Å². The Morgan fingerprint density at radius 2 is 1.90 bits per heavy atom. The molecule has 1 aromatic carbocycles. The fourth-order valence-corrected chi connectivity index (χ4v) is 3.31. The highest BCUT2D eigenvalue weighted by atomic mass is 15.0. The number of aromatic nitrogens is 2. The minimum atomic E-state index is 0.619. The average molecular weight is 265 g/mol. The lowest BCUT2D eigenvalue weighted by atomic mass is 10.1. The van der Waals surface area contributed by atoms with E-state index in [4.69, 9.17) is 0 Å². The maximum atomic E-state index is 3.45. The third-order valence-electron chi connectivity index (χ3n) is 4.35. The summed E-state index contributed by atoms with van der Waals surface area (Å²) in [6.07, 6.45) is 8.83. The fraction of sp³-hybridized carbons (Fsp3) is 0.294. The lowest BCUT2D eigenvalue weighted by Crippen LogP contribution is -2.29. The van der Waals surface area contributed by atoms with Gasteiger partial charge in [-0.3, -0.25) is 0 Å². The topological polar surface area (TPSA) is 32.8 Å². The van der Waals surface area contributed by atoms with Crippen LogP contribution in [0.2, 0.25) is 0 Å². The van der Waals surface area contributed by atoms with E-state index >= 15 is 0 Å². The number of H-pyrrole nitrogens is 1. The lowest BCUT2D eigenvalue weighted by Gasteiger charge is -2.25. The molecule has 0 saturated carbocycles. The summed E-state index contributed by atoms with van der Waals surface area (Å²) in [5, 5.41) is 4.80. The van der Waals surface area contributed by atoms with E-state index in [0.29, 0.717) is 6.04 Å². The van der Waals surface area contributed by atoms with Crippen molar-refractivity contribution in [2.75, 3.05) is 13.1 Å². The van der Waals surface area contributed by atoms with Gasteiger partial charge in [0.15, 0.2) is 0 Å². The zero-order valence-electron chi connectivity index (χ0n) is 11.5. The summed E-state index contributed by atoms with van der Waals surface area (Å²) < 4.78 is 2.48. The summed E-state index contributed by atoms with van der Waals surface area (Å²) in [4.78, 5) is 3.16. The largest absolute Gasteiger partial charge is 0.367 e. The van der Waals surface area contributed by atoms with Gasteiger partial charge in [-0.1, -0.05) is 18.2 Å². The third kappa shape index (κ3) is 1.86. The first-order chi connectivity index (χ1) is 9.93. The Morgan fingerprint density at radius 1 is 1.05 bits per heavy atom. The zero-order chi connectivity index (χ0) is 13.4. The van der Waals surface area contributed by atoms with Crippen molar-refractivity contribution >= 4 is 10.9 Å². The molecule has 20 heavy (non-hydrogen) atoms. The van der Waals surface area contributed by atoms with E-state index in [1.165, 1.54) is 34.9 Å². The zero-order valence-corrected chi connectivity index (χ0v) is 11.5. The minimum absolute atomic E-state index is 0.619. The second kappa shape index (κ2) is 4.84.